The molecular formula is C20H22N6O. The van der Waals surface area contributed by atoms with Gasteiger partial charge in [0.1, 0.15) is 12.1 Å². The maximum Gasteiger partial charge on any atom is 0.275 e. The van der Waals surface area contributed by atoms with E-state index in [-0.39, 0.29) is 5.91 Å². The largest absolute Gasteiger partial charge is 0.356 e. The van der Waals surface area contributed by atoms with E-state index in [2.05, 4.69) is 20.0 Å². The molecule has 7 nitrogen and oxygen atoms in total. The Morgan fingerprint density at radius 1 is 1.11 bits per heavy atom. The number of aryl methyl sites for hydroxylation is 2. The van der Waals surface area contributed by atoms with E-state index in [9.17, 15) is 4.79 Å². The fourth-order valence-electron chi connectivity index (χ4n) is 4.58. The zero-order chi connectivity index (χ0) is 18.5. The second-order valence-corrected chi connectivity index (χ2v) is 7.65. The Bertz CT molecular complexity index is 1010. The van der Waals surface area contributed by atoms with Gasteiger partial charge in [0.05, 0.1) is 5.52 Å². The highest BCUT2D eigenvalue weighted by Crippen LogP contribution is 2.35. The quantitative estimate of drug-likeness (QED) is 0.696. The number of fused-ring (bicyclic) bond motifs is 2. The van der Waals surface area contributed by atoms with Crippen molar-refractivity contribution in [1.82, 2.24) is 24.6 Å². The number of para-hydroxylation sites is 1. The number of rotatable bonds is 2. The first-order valence-electron chi connectivity index (χ1n) is 9.34. The van der Waals surface area contributed by atoms with Crippen molar-refractivity contribution in [3.63, 3.8) is 0 Å². The summed E-state index contributed by atoms with van der Waals surface area (Å²) in [4.78, 5) is 26.0. The molecule has 1 amide bonds. The fourth-order valence-corrected chi connectivity index (χ4v) is 4.58. The van der Waals surface area contributed by atoms with E-state index in [4.69, 9.17) is 0 Å². The van der Waals surface area contributed by atoms with E-state index in [1.165, 1.54) is 0 Å². The maximum atomic E-state index is 13.1. The summed E-state index contributed by atoms with van der Waals surface area (Å²) >= 11 is 0. The first kappa shape index (κ1) is 16.2. The molecular weight excluding hydrogens is 340 g/mol. The van der Waals surface area contributed by atoms with E-state index in [0.29, 0.717) is 17.5 Å². The van der Waals surface area contributed by atoms with Crippen LogP contribution in [0.1, 0.15) is 16.1 Å². The van der Waals surface area contributed by atoms with Gasteiger partial charge in [-0.3, -0.25) is 9.48 Å². The van der Waals surface area contributed by atoms with Crippen molar-refractivity contribution in [3.05, 3.63) is 48.0 Å². The number of carbonyl (C=O) groups excluding carboxylic acids is 1. The Balaban J connectivity index is 1.34. The number of benzene rings is 1. The zero-order valence-electron chi connectivity index (χ0n) is 15.5. The minimum absolute atomic E-state index is 0.0472. The summed E-state index contributed by atoms with van der Waals surface area (Å²) in [6, 6.07) is 7.91. The van der Waals surface area contributed by atoms with Gasteiger partial charge >= 0.3 is 0 Å². The van der Waals surface area contributed by atoms with Crippen molar-refractivity contribution in [2.45, 2.75) is 6.92 Å². The van der Waals surface area contributed by atoms with Gasteiger partial charge in [0.25, 0.3) is 5.91 Å². The molecule has 2 atom stereocenters. The third-order valence-electron chi connectivity index (χ3n) is 5.90. The molecule has 7 heteroatoms. The summed E-state index contributed by atoms with van der Waals surface area (Å²) in [6.45, 7) is 5.50. The first-order valence-corrected chi connectivity index (χ1v) is 9.34. The topological polar surface area (TPSA) is 67.2 Å². The number of amides is 1. The SMILES string of the molecule is Cc1cncnc1N1CC2CN(C(=O)c3nn(C)c4ccccc34)CC2C1. The van der Waals surface area contributed by atoms with Crippen LogP contribution >= 0.6 is 0 Å². The molecule has 2 aliphatic rings. The van der Waals surface area contributed by atoms with Crippen molar-refractivity contribution >= 4 is 22.6 Å². The molecule has 0 N–H and O–H groups in total. The van der Waals surface area contributed by atoms with Crippen LogP contribution in [0.25, 0.3) is 10.9 Å². The second-order valence-electron chi connectivity index (χ2n) is 7.65. The van der Waals surface area contributed by atoms with Crippen LogP contribution < -0.4 is 4.90 Å². The summed E-state index contributed by atoms with van der Waals surface area (Å²) in [5.41, 5.74) is 2.66. The van der Waals surface area contributed by atoms with Crippen molar-refractivity contribution in [1.29, 1.82) is 0 Å². The van der Waals surface area contributed by atoms with Crippen molar-refractivity contribution in [2.75, 3.05) is 31.1 Å². The molecule has 27 heavy (non-hydrogen) atoms. The fraction of sp³-hybridized carbons (Fsp3) is 0.400. The normalized spacial score (nSPS) is 21.9. The standard InChI is InChI=1S/C20H22N6O/c1-13-7-21-12-22-19(13)25-8-14-10-26(11-15(14)9-25)20(27)18-16-5-3-4-6-17(16)24(2)23-18/h3-7,12,14-15H,8-11H2,1-2H3. The van der Waals surface area contributed by atoms with Crippen LogP contribution in [0.3, 0.4) is 0 Å². The van der Waals surface area contributed by atoms with Crippen molar-refractivity contribution in [3.8, 4) is 0 Å². The van der Waals surface area contributed by atoms with Crippen LogP contribution in [0.15, 0.2) is 36.8 Å². The van der Waals surface area contributed by atoms with Crippen molar-refractivity contribution < 1.29 is 4.79 Å². The lowest BCUT2D eigenvalue weighted by Gasteiger charge is -2.23. The van der Waals surface area contributed by atoms with Gasteiger partial charge in [-0.25, -0.2) is 9.97 Å². The Hall–Kier alpha value is -2.96. The van der Waals surface area contributed by atoms with Gasteiger partial charge in [0.2, 0.25) is 0 Å². The molecule has 0 saturated carbocycles. The Morgan fingerprint density at radius 2 is 1.85 bits per heavy atom. The number of nitrogens with zero attached hydrogens (tertiary/aromatic N) is 6. The van der Waals surface area contributed by atoms with Crippen LogP contribution in [0, 0.1) is 18.8 Å². The molecule has 0 aliphatic carbocycles. The molecule has 3 aromatic rings. The molecule has 0 radical (unpaired) electrons. The lowest BCUT2D eigenvalue weighted by atomic mass is 10.0. The monoisotopic (exact) mass is 362 g/mol. The van der Waals surface area contributed by atoms with Gasteiger partial charge in [-0.1, -0.05) is 18.2 Å². The number of hydrogen-bond acceptors (Lipinski definition) is 5. The smallest absolute Gasteiger partial charge is 0.275 e. The van der Waals surface area contributed by atoms with Crippen LogP contribution in [-0.2, 0) is 7.05 Å². The molecule has 1 aromatic carbocycles. The number of hydrogen-bond donors (Lipinski definition) is 0. The molecule has 2 saturated heterocycles. The molecule has 2 fully saturated rings. The van der Waals surface area contributed by atoms with E-state index in [0.717, 1.165) is 48.5 Å². The van der Waals surface area contributed by atoms with E-state index < -0.39 is 0 Å². The number of carbonyl (C=O) groups is 1. The zero-order valence-corrected chi connectivity index (χ0v) is 15.5. The summed E-state index contributed by atoms with van der Waals surface area (Å²) in [5, 5.41) is 5.43. The Kier molecular flexibility index (Phi) is 3.63. The predicted molar refractivity (Wildman–Crippen MR) is 103 cm³/mol. The van der Waals surface area contributed by atoms with Gasteiger partial charge in [0, 0.05) is 62.2 Å². The molecule has 5 rings (SSSR count). The summed E-state index contributed by atoms with van der Waals surface area (Å²) in [7, 11) is 1.89. The average Bonchev–Trinajstić information content (AvgIpc) is 3.34. The number of likely N-dealkylation sites (tertiary alicyclic amines) is 1. The summed E-state index contributed by atoms with van der Waals surface area (Å²) in [6.07, 6.45) is 3.47. The van der Waals surface area contributed by atoms with Crippen LogP contribution in [0.4, 0.5) is 5.82 Å². The van der Waals surface area contributed by atoms with Crippen LogP contribution in [0.2, 0.25) is 0 Å². The van der Waals surface area contributed by atoms with Gasteiger partial charge < -0.3 is 9.80 Å². The lowest BCUT2D eigenvalue weighted by molar-refractivity contribution is 0.0778. The number of aromatic nitrogens is 4. The lowest BCUT2D eigenvalue weighted by Crippen LogP contribution is -2.34. The third kappa shape index (κ3) is 2.57. The second kappa shape index (κ2) is 6.04. The molecule has 2 unspecified atom stereocenters. The van der Waals surface area contributed by atoms with Gasteiger partial charge in [-0.15, -0.1) is 0 Å². The Morgan fingerprint density at radius 3 is 2.59 bits per heavy atom. The molecule has 2 aliphatic heterocycles. The van der Waals surface area contributed by atoms with Crippen LogP contribution in [0.5, 0.6) is 0 Å². The molecule has 138 valence electrons. The predicted octanol–water partition coefficient (Wildman–Crippen LogP) is 1.88. The maximum absolute atomic E-state index is 13.1. The van der Waals surface area contributed by atoms with E-state index in [1.807, 2.05) is 49.3 Å². The van der Waals surface area contributed by atoms with Gasteiger partial charge in [-0.05, 0) is 13.0 Å². The van der Waals surface area contributed by atoms with Crippen LogP contribution in [-0.4, -0.2) is 56.7 Å². The Labute approximate surface area is 157 Å². The third-order valence-corrected chi connectivity index (χ3v) is 5.90. The highest BCUT2D eigenvalue weighted by Gasteiger charge is 2.43. The van der Waals surface area contributed by atoms with E-state index in [1.54, 1.807) is 11.0 Å². The summed E-state index contributed by atoms with van der Waals surface area (Å²) in [5.74, 6) is 2.04. The average molecular weight is 362 g/mol. The molecule has 4 heterocycles. The van der Waals surface area contributed by atoms with Gasteiger partial charge in [0.15, 0.2) is 5.69 Å². The molecule has 2 aromatic heterocycles. The highest BCUT2D eigenvalue weighted by molar-refractivity contribution is 6.05. The minimum atomic E-state index is 0.0472. The summed E-state index contributed by atoms with van der Waals surface area (Å²) < 4.78 is 1.79. The van der Waals surface area contributed by atoms with E-state index >= 15 is 0 Å². The van der Waals surface area contributed by atoms with Crippen molar-refractivity contribution in [2.24, 2.45) is 18.9 Å². The number of anilines is 1. The molecule has 0 spiro atoms. The van der Waals surface area contributed by atoms with Gasteiger partial charge in [-0.2, -0.15) is 5.10 Å². The highest BCUT2D eigenvalue weighted by atomic mass is 16.2. The first-order chi connectivity index (χ1) is 13.1. The molecule has 0 bridgehead atoms. The minimum Gasteiger partial charge on any atom is -0.356 e.